The molecule has 15 heavy (non-hydrogen) atoms. The van der Waals surface area contributed by atoms with Crippen molar-refractivity contribution in [1.82, 2.24) is 4.57 Å². The quantitative estimate of drug-likeness (QED) is 0.688. The van der Waals surface area contributed by atoms with E-state index in [9.17, 15) is 4.79 Å². The molecule has 0 bridgehead atoms. The predicted molar refractivity (Wildman–Crippen MR) is 58.4 cm³/mol. The smallest absolute Gasteiger partial charge is 0.165 e. The predicted octanol–water partition coefficient (Wildman–Crippen LogP) is 2.61. The zero-order valence-corrected chi connectivity index (χ0v) is 8.31. The highest BCUT2D eigenvalue weighted by atomic mass is 16.1. The first-order valence-electron chi connectivity index (χ1n) is 5.15. The molecule has 0 amide bonds. The Kier molecular flexibility index (Phi) is 1.75. The molecule has 1 aromatic carbocycles. The molecular weight excluding hydrogens is 186 g/mol. The largest absolute Gasteiger partial charge is 0.320 e. The van der Waals surface area contributed by atoms with Gasteiger partial charge in [0, 0.05) is 29.6 Å². The van der Waals surface area contributed by atoms with Crippen LogP contribution in [-0.4, -0.2) is 10.4 Å². The fourth-order valence-corrected chi connectivity index (χ4v) is 2.17. The van der Waals surface area contributed by atoms with Crippen LogP contribution in [0.25, 0.3) is 5.69 Å². The third kappa shape index (κ3) is 1.22. The molecule has 1 aliphatic rings. The number of benzene rings is 1. The monoisotopic (exact) mass is 197 g/mol. The summed E-state index contributed by atoms with van der Waals surface area (Å²) in [5, 5.41) is 0. The molecule has 1 aromatic heterocycles. The highest BCUT2D eigenvalue weighted by molar-refractivity contribution is 6.00. The van der Waals surface area contributed by atoms with Gasteiger partial charge in [0.25, 0.3) is 0 Å². The van der Waals surface area contributed by atoms with E-state index in [1.165, 1.54) is 0 Å². The van der Waals surface area contributed by atoms with Crippen molar-refractivity contribution in [2.24, 2.45) is 0 Å². The third-order valence-electron chi connectivity index (χ3n) is 2.92. The molecule has 0 atom stereocenters. The number of aromatic nitrogens is 1. The Hall–Kier alpha value is -1.83. The molecule has 0 N–H and O–H groups in total. The van der Waals surface area contributed by atoms with Gasteiger partial charge < -0.3 is 4.57 Å². The number of Topliss-reactive ketones (excluding diaryl/α,β-unsaturated/α-hetero) is 1. The Morgan fingerprint density at radius 2 is 1.80 bits per heavy atom. The zero-order valence-electron chi connectivity index (χ0n) is 8.31. The van der Waals surface area contributed by atoms with Crippen LogP contribution in [0.15, 0.2) is 42.6 Å². The normalized spacial score (nSPS) is 14.3. The second-order valence-electron chi connectivity index (χ2n) is 3.80. The Balaban J connectivity index is 2.16. The molecule has 0 saturated heterocycles. The number of carbonyl (C=O) groups excluding carboxylic acids is 1. The summed E-state index contributed by atoms with van der Waals surface area (Å²) in [5.41, 5.74) is 3.19. The maximum atomic E-state index is 11.5. The van der Waals surface area contributed by atoms with Crippen LogP contribution in [0.3, 0.4) is 0 Å². The van der Waals surface area contributed by atoms with Crippen molar-refractivity contribution in [3.8, 4) is 5.69 Å². The van der Waals surface area contributed by atoms with Crippen LogP contribution in [0.4, 0.5) is 0 Å². The maximum absolute atomic E-state index is 11.5. The Bertz CT molecular complexity index is 511. The molecule has 1 aliphatic carbocycles. The van der Waals surface area contributed by atoms with Crippen LogP contribution in [0.2, 0.25) is 0 Å². The van der Waals surface area contributed by atoms with Crippen molar-refractivity contribution >= 4 is 5.78 Å². The summed E-state index contributed by atoms with van der Waals surface area (Å²) >= 11 is 0. The number of ketones is 1. The molecule has 74 valence electrons. The van der Waals surface area contributed by atoms with Crippen LogP contribution in [0.5, 0.6) is 0 Å². The number of para-hydroxylation sites is 1. The van der Waals surface area contributed by atoms with Gasteiger partial charge in [-0.05, 0) is 24.6 Å². The van der Waals surface area contributed by atoms with Gasteiger partial charge in [-0.15, -0.1) is 0 Å². The summed E-state index contributed by atoms with van der Waals surface area (Å²) < 4.78 is 2.11. The van der Waals surface area contributed by atoms with Gasteiger partial charge in [-0.1, -0.05) is 18.2 Å². The minimum Gasteiger partial charge on any atom is -0.320 e. The van der Waals surface area contributed by atoms with Gasteiger partial charge in [0.15, 0.2) is 5.78 Å². The van der Waals surface area contributed by atoms with Crippen molar-refractivity contribution < 1.29 is 4.79 Å². The molecule has 3 rings (SSSR count). The van der Waals surface area contributed by atoms with Crippen LogP contribution in [-0.2, 0) is 6.42 Å². The van der Waals surface area contributed by atoms with E-state index < -0.39 is 0 Å². The summed E-state index contributed by atoms with van der Waals surface area (Å²) in [6.07, 6.45) is 3.52. The van der Waals surface area contributed by atoms with Crippen molar-refractivity contribution in [3.63, 3.8) is 0 Å². The van der Waals surface area contributed by atoms with Gasteiger partial charge in [0.1, 0.15) is 0 Å². The number of hydrogen-bond donors (Lipinski definition) is 0. The van der Waals surface area contributed by atoms with Gasteiger partial charge in [-0.2, -0.15) is 0 Å². The molecule has 0 spiro atoms. The maximum Gasteiger partial charge on any atom is 0.165 e. The Morgan fingerprint density at radius 1 is 1.00 bits per heavy atom. The van der Waals surface area contributed by atoms with Gasteiger partial charge in [0.2, 0.25) is 0 Å². The Morgan fingerprint density at radius 3 is 2.60 bits per heavy atom. The lowest BCUT2D eigenvalue weighted by atomic mass is 10.2. The molecule has 1 heterocycles. The van der Waals surface area contributed by atoms with Crippen LogP contribution >= 0.6 is 0 Å². The van der Waals surface area contributed by atoms with Crippen molar-refractivity contribution in [3.05, 3.63) is 53.9 Å². The first-order valence-corrected chi connectivity index (χ1v) is 5.15. The average molecular weight is 197 g/mol. The third-order valence-corrected chi connectivity index (χ3v) is 2.92. The van der Waals surface area contributed by atoms with E-state index in [1.807, 2.05) is 30.5 Å². The van der Waals surface area contributed by atoms with E-state index in [-0.39, 0.29) is 5.78 Å². The standard InChI is InChI=1S/C13H11NO/c15-13-7-6-12-11(13)8-9-14(12)10-4-2-1-3-5-10/h1-5,8-9H,6-7H2. The second kappa shape index (κ2) is 3.09. The number of nitrogens with zero attached hydrogens (tertiary/aromatic N) is 1. The fraction of sp³-hybridized carbons (Fsp3) is 0.154. The summed E-state index contributed by atoms with van der Waals surface area (Å²) in [6, 6.07) is 12.1. The highest BCUT2D eigenvalue weighted by Crippen LogP contribution is 2.25. The average Bonchev–Trinajstić information content (AvgIpc) is 2.83. The summed E-state index contributed by atoms with van der Waals surface area (Å²) in [7, 11) is 0. The number of hydrogen-bond acceptors (Lipinski definition) is 1. The molecule has 0 fully saturated rings. The lowest BCUT2D eigenvalue weighted by Gasteiger charge is -2.06. The van der Waals surface area contributed by atoms with Crippen molar-refractivity contribution in [1.29, 1.82) is 0 Å². The zero-order chi connectivity index (χ0) is 10.3. The van der Waals surface area contributed by atoms with Crippen LogP contribution < -0.4 is 0 Å². The fourth-order valence-electron chi connectivity index (χ4n) is 2.17. The van der Waals surface area contributed by atoms with Crippen LogP contribution in [0, 0.1) is 0 Å². The van der Waals surface area contributed by atoms with E-state index in [0.29, 0.717) is 6.42 Å². The first kappa shape index (κ1) is 8.48. The lowest BCUT2D eigenvalue weighted by Crippen LogP contribution is -1.96. The molecule has 0 aliphatic heterocycles. The summed E-state index contributed by atoms with van der Waals surface area (Å²) in [6.45, 7) is 0. The minimum absolute atomic E-state index is 0.277. The number of rotatable bonds is 1. The van der Waals surface area contributed by atoms with Crippen molar-refractivity contribution in [2.45, 2.75) is 12.8 Å². The molecule has 0 unspecified atom stereocenters. The van der Waals surface area contributed by atoms with E-state index in [1.54, 1.807) is 0 Å². The van der Waals surface area contributed by atoms with Crippen molar-refractivity contribution in [2.75, 3.05) is 0 Å². The van der Waals surface area contributed by atoms with Gasteiger partial charge in [-0.3, -0.25) is 4.79 Å². The molecule has 2 aromatic rings. The van der Waals surface area contributed by atoms with Gasteiger partial charge >= 0.3 is 0 Å². The second-order valence-corrected chi connectivity index (χ2v) is 3.80. The topological polar surface area (TPSA) is 22.0 Å². The number of fused-ring (bicyclic) bond motifs is 1. The van der Waals surface area contributed by atoms with Gasteiger partial charge in [-0.25, -0.2) is 0 Å². The molecule has 0 radical (unpaired) electrons. The minimum atomic E-state index is 0.277. The summed E-state index contributed by atoms with van der Waals surface area (Å²) in [5.74, 6) is 0.277. The van der Waals surface area contributed by atoms with E-state index in [4.69, 9.17) is 0 Å². The SMILES string of the molecule is O=C1CCc2c1ccn2-c1ccccc1. The number of carbonyl (C=O) groups is 1. The molecule has 0 saturated carbocycles. The van der Waals surface area contributed by atoms with E-state index in [0.717, 1.165) is 23.4 Å². The van der Waals surface area contributed by atoms with Crippen LogP contribution in [0.1, 0.15) is 22.5 Å². The molecule has 2 nitrogen and oxygen atoms in total. The molecule has 2 heteroatoms. The first-order chi connectivity index (χ1) is 7.36. The lowest BCUT2D eigenvalue weighted by molar-refractivity contribution is 0.0994. The van der Waals surface area contributed by atoms with E-state index >= 15 is 0 Å². The summed E-state index contributed by atoms with van der Waals surface area (Å²) in [4.78, 5) is 11.5. The highest BCUT2D eigenvalue weighted by Gasteiger charge is 2.23. The van der Waals surface area contributed by atoms with Gasteiger partial charge in [0.05, 0.1) is 0 Å². The van der Waals surface area contributed by atoms with E-state index in [2.05, 4.69) is 16.7 Å². The molecular formula is C13H11NO. The Labute approximate surface area is 88.2 Å².